The molecule has 4 rings (SSSR count). The van der Waals surface area contributed by atoms with Crippen LogP contribution in [0.3, 0.4) is 0 Å². The quantitative estimate of drug-likeness (QED) is 0.239. The Hall–Kier alpha value is -4.10. The van der Waals surface area contributed by atoms with E-state index in [0.717, 1.165) is 5.56 Å². The Morgan fingerprint density at radius 3 is 1.55 bits per heavy atom. The Balaban J connectivity index is 0.000000211. The Labute approximate surface area is 226 Å². The number of hydrogen-bond acceptors (Lipinski definition) is 6. The monoisotopic (exact) mass is 534 g/mol. The van der Waals surface area contributed by atoms with Crippen LogP contribution >= 0.6 is 11.6 Å². The number of nitrogens with zero attached hydrogens (tertiary/aromatic N) is 2. The smallest absolute Gasteiger partial charge is 0.357 e. The van der Waals surface area contributed by atoms with Crippen LogP contribution in [0, 0.1) is 5.82 Å². The molecule has 8 heteroatoms. The van der Waals surface area contributed by atoms with E-state index in [1.165, 1.54) is 12.1 Å². The average molecular weight is 535 g/mol. The lowest BCUT2D eigenvalue weighted by Crippen LogP contribution is -2.13. The topological polar surface area (TPSA) is 78.4 Å². The van der Waals surface area contributed by atoms with E-state index in [4.69, 9.17) is 21.1 Å². The molecule has 2 aromatic heterocycles. The summed E-state index contributed by atoms with van der Waals surface area (Å²) >= 11 is 6.13. The predicted molar refractivity (Wildman–Crippen MR) is 145 cm³/mol. The molecule has 0 bridgehead atoms. The van der Waals surface area contributed by atoms with Crippen LogP contribution in [0.15, 0.2) is 84.9 Å². The average Bonchev–Trinajstić information content (AvgIpc) is 2.90. The lowest BCUT2D eigenvalue weighted by molar-refractivity contribution is 0.0360. The molecule has 0 aliphatic heterocycles. The fraction of sp³-hybridized carbons (Fsp3) is 0.200. The zero-order valence-electron chi connectivity index (χ0n) is 21.5. The van der Waals surface area contributed by atoms with Crippen molar-refractivity contribution in [3.63, 3.8) is 0 Å². The standard InChI is InChI=1S/C15H14ClNO2.C15H14FNO2/c2*1-10(2)19-15(18)13-9-8-12(16)14(17-13)11-6-4-3-5-7-11/h2*3-10H,1-2H3. The van der Waals surface area contributed by atoms with Crippen LogP contribution < -0.4 is 0 Å². The molecule has 0 radical (unpaired) electrons. The molecule has 0 spiro atoms. The molecular weight excluding hydrogens is 507 g/mol. The number of carbonyl (C=O) groups is 2. The van der Waals surface area contributed by atoms with Crippen molar-refractivity contribution >= 4 is 23.5 Å². The molecular formula is C30H28ClFN2O4. The van der Waals surface area contributed by atoms with Gasteiger partial charge in [0.2, 0.25) is 0 Å². The minimum atomic E-state index is -0.549. The summed E-state index contributed by atoms with van der Waals surface area (Å²) < 4.78 is 23.9. The Morgan fingerprint density at radius 2 is 1.08 bits per heavy atom. The highest BCUT2D eigenvalue weighted by Crippen LogP contribution is 2.26. The van der Waals surface area contributed by atoms with E-state index in [1.54, 1.807) is 64.1 Å². The van der Waals surface area contributed by atoms with E-state index in [0.29, 0.717) is 16.3 Å². The number of carbonyl (C=O) groups excluding carboxylic acids is 2. The lowest BCUT2D eigenvalue weighted by atomic mass is 10.1. The molecule has 0 saturated carbocycles. The van der Waals surface area contributed by atoms with Crippen molar-refractivity contribution < 1.29 is 23.5 Å². The second-order valence-electron chi connectivity index (χ2n) is 8.69. The van der Waals surface area contributed by atoms with Crippen LogP contribution in [-0.4, -0.2) is 34.1 Å². The van der Waals surface area contributed by atoms with Gasteiger partial charge in [-0.15, -0.1) is 0 Å². The van der Waals surface area contributed by atoms with E-state index >= 15 is 0 Å². The van der Waals surface area contributed by atoms with Crippen molar-refractivity contribution in [2.45, 2.75) is 39.9 Å². The normalized spacial score (nSPS) is 10.5. The van der Waals surface area contributed by atoms with Crippen molar-refractivity contribution in [1.29, 1.82) is 0 Å². The van der Waals surface area contributed by atoms with Gasteiger partial charge in [0.25, 0.3) is 0 Å². The molecule has 0 saturated heterocycles. The maximum absolute atomic E-state index is 13.8. The molecule has 0 aliphatic carbocycles. The maximum atomic E-state index is 13.8. The molecule has 2 aromatic carbocycles. The summed E-state index contributed by atoms with van der Waals surface area (Å²) in [4.78, 5) is 31.9. The molecule has 0 fully saturated rings. The van der Waals surface area contributed by atoms with E-state index in [2.05, 4.69) is 9.97 Å². The second-order valence-corrected chi connectivity index (χ2v) is 9.10. The first-order valence-corrected chi connectivity index (χ1v) is 12.4. The van der Waals surface area contributed by atoms with Gasteiger partial charge in [-0.2, -0.15) is 0 Å². The zero-order valence-corrected chi connectivity index (χ0v) is 22.3. The number of ether oxygens (including phenoxy) is 2. The van der Waals surface area contributed by atoms with Crippen LogP contribution in [0.4, 0.5) is 4.39 Å². The van der Waals surface area contributed by atoms with Gasteiger partial charge in [-0.25, -0.2) is 23.9 Å². The third-order valence-electron chi connectivity index (χ3n) is 4.89. The number of esters is 2. The summed E-state index contributed by atoms with van der Waals surface area (Å²) in [6.07, 6.45) is -0.412. The van der Waals surface area contributed by atoms with Crippen molar-refractivity contribution in [3.8, 4) is 22.5 Å². The second kappa shape index (κ2) is 13.4. The number of aromatic nitrogens is 2. The minimum absolute atomic E-state index is 0.106. The first-order chi connectivity index (χ1) is 18.2. The van der Waals surface area contributed by atoms with Crippen molar-refractivity contribution in [3.05, 3.63) is 107 Å². The van der Waals surface area contributed by atoms with Crippen LogP contribution in [0.5, 0.6) is 0 Å². The van der Waals surface area contributed by atoms with E-state index in [-0.39, 0.29) is 29.3 Å². The van der Waals surface area contributed by atoms with E-state index in [9.17, 15) is 14.0 Å². The summed E-state index contributed by atoms with van der Waals surface area (Å²) in [6.45, 7) is 7.09. The molecule has 0 aliphatic rings. The van der Waals surface area contributed by atoms with Gasteiger partial charge in [-0.3, -0.25) is 0 Å². The first kappa shape index (κ1) is 28.5. The van der Waals surface area contributed by atoms with Crippen molar-refractivity contribution in [2.24, 2.45) is 0 Å². The van der Waals surface area contributed by atoms with Gasteiger partial charge in [0.15, 0.2) is 0 Å². The predicted octanol–water partition coefficient (Wildman–Crippen LogP) is 7.42. The van der Waals surface area contributed by atoms with E-state index < -0.39 is 17.8 Å². The van der Waals surface area contributed by atoms with E-state index in [1.807, 2.05) is 36.4 Å². The molecule has 2 heterocycles. The van der Waals surface area contributed by atoms with Crippen molar-refractivity contribution in [1.82, 2.24) is 9.97 Å². The number of rotatable bonds is 6. The molecule has 4 aromatic rings. The molecule has 196 valence electrons. The van der Waals surface area contributed by atoms with Crippen LogP contribution in [0.2, 0.25) is 5.02 Å². The van der Waals surface area contributed by atoms with Gasteiger partial charge in [0.1, 0.15) is 22.9 Å². The van der Waals surface area contributed by atoms with Gasteiger partial charge < -0.3 is 9.47 Å². The molecule has 38 heavy (non-hydrogen) atoms. The maximum Gasteiger partial charge on any atom is 0.357 e. The highest BCUT2D eigenvalue weighted by molar-refractivity contribution is 6.33. The lowest BCUT2D eigenvalue weighted by Gasteiger charge is -2.09. The number of hydrogen-bond donors (Lipinski definition) is 0. The minimum Gasteiger partial charge on any atom is -0.458 e. The highest BCUT2D eigenvalue weighted by atomic mass is 35.5. The van der Waals surface area contributed by atoms with Crippen LogP contribution in [0.1, 0.15) is 48.7 Å². The summed E-state index contributed by atoms with van der Waals surface area (Å²) in [5.41, 5.74) is 2.59. The first-order valence-electron chi connectivity index (χ1n) is 12.0. The van der Waals surface area contributed by atoms with Crippen LogP contribution in [-0.2, 0) is 9.47 Å². The molecule has 0 amide bonds. The number of halogens is 2. The third kappa shape index (κ3) is 7.95. The Bertz CT molecular complexity index is 1270. The highest BCUT2D eigenvalue weighted by Gasteiger charge is 2.16. The van der Waals surface area contributed by atoms with Gasteiger partial charge >= 0.3 is 11.9 Å². The van der Waals surface area contributed by atoms with Gasteiger partial charge in [0, 0.05) is 11.1 Å². The fourth-order valence-corrected chi connectivity index (χ4v) is 3.47. The molecule has 6 nitrogen and oxygen atoms in total. The summed E-state index contributed by atoms with van der Waals surface area (Å²) in [5.74, 6) is -1.46. The van der Waals surface area contributed by atoms with Crippen LogP contribution in [0.25, 0.3) is 22.5 Å². The fourth-order valence-electron chi connectivity index (χ4n) is 3.26. The molecule has 0 unspecified atom stereocenters. The molecule has 0 atom stereocenters. The third-order valence-corrected chi connectivity index (χ3v) is 5.20. The number of benzene rings is 2. The zero-order chi connectivity index (χ0) is 27.7. The SMILES string of the molecule is CC(C)OC(=O)c1ccc(Cl)c(-c2ccccc2)n1.CC(C)OC(=O)c1ccc(F)c(-c2ccccc2)n1. The summed E-state index contributed by atoms with van der Waals surface area (Å²) in [7, 11) is 0. The molecule has 0 N–H and O–H groups in total. The van der Waals surface area contributed by atoms with Gasteiger partial charge in [0.05, 0.1) is 22.9 Å². The summed E-state index contributed by atoms with van der Waals surface area (Å²) in [5, 5.41) is 0.507. The Kier molecular flexibility index (Phi) is 10.1. The van der Waals surface area contributed by atoms with Crippen molar-refractivity contribution in [2.75, 3.05) is 0 Å². The Morgan fingerprint density at radius 1 is 0.658 bits per heavy atom. The number of pyridine rings is 2. The summed E-state index contributed by atoms with van der Waals surface area (Å²) in [6, 6.07) is 24.2. The van der Waals surface area contributed by atoms with Gasteiger partial charge in [-0.1, -0.05) is 72.3 Å². The van der Waals surface area contributed by atoms with Gasteiger partial charge in [-0.05, 0) is 52.0 Å². The largest absolute Gasteiger partial charge is 0.458 e.